The second-order valence-corrected chi connectivity index (χ2v) is 24.5. The summed E-state index contributed by atoms with van der Waals surface area (Å²) in [5.41, 5.74) is 0. The van der Waals surface area contributed by atoms with Gasteiger partial charge in [0.25, 0.3) is 0 Å². The number of allylic oxidation sites excluding steroid dienone is 8. The molecule has 2 amide bonds. The monoisotopic (exact) mass is 1230 g/mol. The second-order valence-electron chi connectivity index (χ2n) is 24.5. The molecule has 486 valence electrons. The van der Waals surface area contributed by atoms with Crippen LogP contribution in [0.3, 0.4) is 0 Å². The maximum absolute atomic E-state index is 14.1. The van der Waals surface area contributed by atoms with Crippen LogP contribution < -0.4 is 0 Å². The normalized spacial score (nSPS) is 12.1. The van der Waals surface area contributed by atoms with Crippen LogP contribution in [0.4, 0.5) is 0 Å². The van der Waals surface area contributed by atoms with Gasteiger partial charge in [0.05, 0.1) is 6.54 Å². The van der Waals surface area contributed by atoms with Crippen molar-refractivity contribution in [3.63, 3.8) is 0 Å². The van der Waals surface area contributed by atoms with E-state index in [2.05, 4.69) is 76.3 Å². The number of hydrogen-bond acceptors (Lipinski definition) is 6. The van der Waals surface area contributed by atoms with E-state index in [1.54, 1.807) is 0 Å². The van der Waals surface area contributed by atoms with Crippen LogP contribution in [-0.4, -0.2) is 47.9 Å². The zero-order chi connectivity index (χ0) is 59.5. The highest BCUT2D eigenvalue weighted by Gasteiger charge is 2.28. The molecule has 1 unspecified atom stereocenters. The number of carbonyl (C=O) groups excluding carboxylic acids is 4. The number of carbonyl (C=O) groups is 4. The van der Waals surface area contributed by atoms with Gasteiger partial charge in [0.1, 0.15) is 6.61 Å². The lowest BCUT2D eigenvalue weighted by Crippen LogP contribution is -2.45. The van der Waals surface area contributed by atoms with E-state index in [1.165, 1.54) is 191 Å². The third-order valence-electron chi connectivity index (χ3n) is 16.3. The zero-order valence-corrected chi connectivity index (χ0v) is 57.2. The van der Waals surface area contributed by atoms with Crippen molar-refractivity contribution < 1.29 is 28.7 Å². The first kappa shape index (κ1) is 82.6. The van der Waals surface area contributed by atoms with E-state index in [4.69, 9.17) is 9.47 Å². The Bertz CT molecular complexity index is 1450. The molecule has 0 heterocycles. The van der Waals surface area contributed by atoms with Crippen molar-refractivity contribution in [3.05, 3.63) is 48.6 Å². The largest absolute Gasteiger partial charge is 0.462 e. The SMILES string of the molecule is Br.CCCCCCCC/C=C\CCCCCCCC(=O)OCC(CN(C(=O)CCCCCCC/C=C\CCCCCCCC)C(=O)CCCCCCC/C=C\CCCCCCCC)OC(=O)CCCCCCC/C=C\CCCCCCCC. The van der Waals surface area contributed by atoms with Crippen molar-refractivity contribution >= 4 is 40.7 Å². The number of nitrogens with zero attached hydrogens (tertiary/aromatic N) is 1. The van der Waals surface area contributed by atoms with Crippen LogP contribution in [0.15, 0.2) is 48.6 Å². The molecule has 0 aliphatic heterocycles. The van der Waals surface area contributed by atoms with E-state index < -0.39 is 6.10 Å². The van der Waals surface area contributed by atoms with E-state index in [0.717, 1.165) is 148 Å². The van der Waals surface area contributed by atoms with E-state index in [0.29, 0.717) is 6.42 Å². The number of ether oxygens (including phenoxy) is 2. The van der Waals surface area contributed by atoms with Gasteiger partial charge in [-0.15, -0.1) is 17.0 Å². The van der Waals surface area contributed by atoms with Crippen molar-refractivity contribution in [2.45, 2.75) is 393 Å². The van der Waals surface area contributed by atoms with Gasteiger partial charge in [-0.2, -0.15) is 0 Å². The third kappa shape index (κ3) is 63.8. The Morgan fingerprint density at radius 1 is 0.289 bits per heavy atom. The summed E-state index contributed by atoms with van der Waals surface area (Å²) in [6, 6.07) is 0. The van der Waals surface area contributed by atoms with Crippen LogP contribution in [0, 0.1) is 0 Å². The van der Waals surface area contributed by atoms with Crippen molar-refractivity contribution in [3.8, 4) is 0 Å². The Morgan fingerprint density at radius 3 is 0.771 bits per heavy atom. The molecule has 0 aliphatic carbocycles. The molecule has 83 heavy (non-hydrogen) atoms. The standard InChI is InChI=1S/C75H137NO6.BrH/c1-5-9-13-17-21-25-29-33-37-41-45-49-53-57-61-65-72(77)76(73(78)66-62-58-54-50-46-42-38-34-30-26-22-18-14-10-6-2)69-71(82-75(80)68-64-60-56-52-48-44-40-36-32-28-24-20-16-12-8-4)70-81-74(79)67-63-59-55-51-47-43-39-35-31-27-23-19-15-11-7-3;/h33-40,71H,5-32,41-70H2,1-4H3;1H/b37-33-,38-34-,39-35-,40-36-;. The van der Waals surface area contributed by atoms with Gasteiger partial charge >= 0.3 is 11.9 Å². The number of imide groups is 1. The fourth-order valence-electron chi connectivity index (χ4n) is 10.8. The van der Waals surface area contributed by atoms with Gasteiger partial charge in [-0.3, -0.25) is 24.1 Å². The molecule has 0 rings (SSSR count). The van der Waals surface area contributed by atoms with Gasteiger partial charge in [-0.25, -0.2) is 0 Å². The van der Waals surface area contributed by atoms with Gasteiger partial charge in [0, 0.05) is 25.7 Å². The Kier molecular flexibility index (Phi) is 69.9. The number of hydrogen-bond donors (Lipinski definition) is 0. The number of rotatable bonds is 65. The molecular formula is C75H138BrNO6. The maximum Gasteiger partial charge on any atom is 0.306 e. The minimum Gasteiger partial charge on any atom is -0.462 e. The van der Waals surface area contributed by atoms with Crippen LogP contribution in [0.25, 0.3) is 0 Å². The molecule has 0 N–H and O–H groups in total. The fourth-order valence-corrected chi connectivity index (χ4v) is 10.8. The molecule has 0 aromatic rings. The second kappa shape index (κ2) is 70.3. The molecule has 0 radical (unpaired) electrons. The summed E-state index contributed by atoms with van der Waals surface area (Å²) in [6.07, 6.45) is 80.3. The van der Waals surface area contributed by atoms with E-state index in [1.807, 2.05) is 0 Å². The molecule has 0 aromatic carbocycles. The highest BCUT2D eigenvalue weighted by atomic mass is 79.9. The van der Waals surface area contributed by atoms with Crippen LogP contribution in [-0.2, 0) is 28.7 Å². The molecule has 0 fully saturated rings. The Labute approximate surface area is 526 Å². The lowest BCUT2D eigenvalue weighted by molar-refractivity contribution is -0.163. The molecular weight excluding hydrogens is 1090 g/mol. The molecule has 7 nitrogen and oxygen atoms in total. The Morgan fingerprint density at radius 2 is 0.506 bits per heavy atom. The average molecular weight is 1230 g/mol. The van der Waals surface area contributed by atoms with Crippen LogP contribution in [0.1, 0.15) is 387 Å². The lowest BCUT2D eigenvalue weighted by Gasteiger charge is -2.26. The number of halogens is 1. The highest BCUT2D eigenvalue weighted by Crippen LogP contribution is 2.18. The summed E-state index contributed by atoms with van der Waals surface area (Å²) in [4.78, 5) is 56.1. The van der Waals surface area contributed by atoms with E-state index in [-0.39, 0.29) is 73.1 Å². The topological polar surface area (TPSA) is 90.0 Å². The van der Waals surface area contributed by atoms with Gasteiger partial charge in [-0.05, 0) is 128 Å². The summed E-state index contributed by atoms with van der Waals surface area (Å²) < 4.78 is 11.9. The minimum absolute atomic E-state index is 0. The number of amides is 2. The summed E-state index contributed by atoms with van der Waals surface area (Å²) in [5, 5.41) is 0. The number of esters is 2. The predicted molar refractivity (Wildman–Crippen MR) is 366 cm³/mol. The Hall–Kier alpha value is -2.48. The van der Waals surface area contributed by atoms with Gasteiger partial charge < -0.3 is 9.47 Å². The quantitative estimate of drug-likeness (QED) is 0.0342. The van der Waals surface area contributed by atoms with Gasteiger partial charge in [-0.1, -0.05) is 282 Å². The smallest absolute Gasteiger partial charge is 0.306 e. The molecule has 0 aliphatic rings. The summed E-state index contributed by atoms with van der Waals surface area (Å²) in [7, 11) is 0. The Balaban J connectivity index is 0. The molecule has 0 saturated carbocycles. The molecule has 0 spiro atoms. The molecule has 0 aromatic heterocycles. The lowest BCUT2D eigenvalue weighted by atomic mass is 10.1. The molecule has 1 atom stereocenters. The van der Waals surface area contributed by atoms with Crippen LogP contribution in [0.5, 0.6) is 0 Å². The van der Waals surface area contributed by atoms with E-state index in [9.17, 15) is 19.2 Å². The van der Waals surface area contributed by atoms with Crippen molar-refractivity contribution in [1.82, 2.24) is 4.90 Å². The molecule has 8 heteroatoms. The first-order chi connectivity index (χ1) is 40.4. The molecule has 0 saturated heterocycles. The predicted octanol–water partition coefficient (Wildman–Crippen LogP) is 24.5. The van der Waals surface area contributed by atoms with Crippen molar-refractivity contribution in [2.75, 3.05) is 13.2 Å². The number of unbranched alkanes of at least 4 members (excludes halogenated alkanes) is 44. The first-order valence-electron chi connectivity index (χ1n) is 36.2. The van der Waals surface area contributed by atoms with Crippen LogP contribution >= 0.6 is 17.0 Å². The minimum atomic E-state index is -0.898. The average Bonchev–Trinajstić information content (AvgIpc) is 3.55. The summed E-state index contributed by atoms with van der Waals surface area (Å²) >= 11 is 0. The first-order valence-corrected chi connectivity index (χ1v) is 36.2. The molecule has 0 bridgehead atoms. The summed E-state index contributed by atoms with van der Waals surface area (Å²) in [5.74, 6) is -1.10. The van der Waals surface area contributed by atoms with Crippen molar-refractivity contribution in [2.24, 2.45) is 0 Å². The summed E-state index contributed by atoms with van der Waals surface area (Å²) in [6.45, 7) is 8.83. The highest BCUT2D eigenvalue weighted by molar-refractivity contribution is 8.93. The van der Waals surface area contributed by atoms with E-state index >= 15 is 0 Å². The van der Waals surface area contributed by atoms with Gasteiger partial charge in [0.15, 0.2) is 6.10 Å². The maximum atomic E-state index is 14.1. The van der Waals surface area contributed by atoms with Crippen LogP contribution in [0.2, 0.25) is 0 Å². The fraction of sp³-hybridized carbons (Fsp3) is 0.840. The third-order valence-corrected chi connectivity index (χ3v) is 16.3. The van der Waals surface area contributed by atoms with Gasteiger partial charge in [0.2, 0.25) is 11.8 Å². The zero-order valence-electron chi connectivity index (χ0n) is 55.5. The van der Waals surface area contributed by atoms with Crippen molar-refractivity contribution in [1.29, 1.82) is 0 Å².